The van der Waals surface area contributed by atoms with E-state index in [9.17, 15) is 4.79 Å². The standard InChI is InChI=1S/C8H12O2.2Mo/c1-5-4-6(2)10-8(9)7(5)3;;/h4-7H,2H2,1,3H3;;/t5-,6+,7+;;/m0../s1. The van der Waals surface area contributed by atoms with Gasteiger partial charge in [0.25, 0.3) is 0 Å². The zero-order chi connectivity index (χ0) is 9.30. The van der Waals surface area contributed by atoms with E-state index in [1.807, 2.05) is 26.7 Å². The molecule has 2 nitrogen and oxygen atoms in total. The van der Waals surface area contributed by atoms with E-state index in [0.29, 0.717) is 10.2 Å². The molecule has 0 radical (unpaired) electrons. The van der Waals surface area contributed by atoms with Crippen molar-refractivity contribution in [3.05, 3.63) is 0 Å². The maximum absolute atomic E-state index is 11.3. The Morgan fingerprint density at radius 2 is 2.08 bits per heavy atom. The molecule has 0 aromatic carbocycles. The van der Waals surface area contributed by atoms with Gasteiger partial charge in [0.05, 0.1) is 0 Å². The number of carbonyl (C=O) groups excluding carboxylic acids is 1. The van der Waals surface area contributed by atoms with Gasteiger partial charge in [-0.3, -0.25) is 0 Å². The number of carbonyl (C=O) groups is 1. The van der Waals surface area contributed by atoms with E-state index in [1.54, 1.807) is 0 Å². The van der Waals surface area contributed by atoms with Gasteiger partial charge in [-0.25, -0.2) is 0 Å². The molecule has 1 aliphatic rings. The van der Waals surface area contributed by atoms with Crippen LogP contribution in [-0.4, -0.2) is 12.1 Å². The molecule has 1 rings (SSSR count). The summed E-state index contributed by atoms with van der Waals surface area (Å²) in [6.45, 7) is 4.10. The number of cyclic esters (lactones) is 1. The van der Waals surface area contributed by atoms with E-state index in [4.69, 9.17) is 4.74 Å². The molecule has 1 fully saturated rings. The molecular formula is C8H12Mo2O2. The summed E-state index contributed by atoms with van der Waals surface area (Å²) < 4.78 is 5.81. The normalized spacial score (nSPS) is 42.3. The first kappa shape index (κ1) is 10.9. The summed E-state index contributed by atoms with van der Waals surface area (Å²) in [7, 11) is 0. The second kappa shape index (κ2) is 4.38. The van der Waals surface area contributed by atoms with E-state index in [1.165, 1.54) is 0 Å². The van der Waals surface area contributed by atoms with Crippen LogP contribution in [0.1, 0.15) is 13.8 Å². The molecular weight excluding hydrogens is 320 g/mol. The first-order valence-electron chi connectivity index (χ1n) is 4.02. The topological polar surface area (TPSA) is 26.3 Å². The number of rotatable bonds is 1. The van der Waals surface area contributed by atoms with Crippen molar-refractivity contribution in [2.24, 2.45) is 11.8 Å². The van der Waals surface area contributed by atoms with Crippen LogP contribution in [0.25, 0.3) is 0 Å². The molecule has 12 heavy (non-hydrogen) atoms. The fourth-order valence-electron chi connectivity index (χ4n) is 1.29. The van der Waals surface area contributed by atoms with Crippen molar-refractivity contribution in [3.63, 3.8) is 0 Å². The average Bonchev–Trinajstić information content (AvgIpc) is 2.08. The molecule has 0 spiro atoms. The van der Waals surface area contributed by atoms with Crippen LogP contribution in [0.3, 0.4) is 0 Å². The van der Waals surface area contributed by atoms with Crippen molar-refractivity contribution >= 4 is 5.97 Å². The van der Waals surface area contributed by atoms with Crippen LogP contribution in [0.4, 0.5) is 0 Å². The van der Waals surface area contributed by atoms with Gasteiger partial charge in [-0.1, -0.05) is 0 Å². The summed E-state index contributed by atoms with van der Waals surface area (Å²) in [5, 5.41) is 0. The number of esters is 1. The number of ether oxygens (including phenoxy) is 1. The SMILES string of the molecule is C[C@H]1[C@@H]([Mo])[C@@H]([CH2][Mo])OC(=O)[C@@H]1C. The number of hydrogen-bond acceptors (Lipinski definition) is 2. The Hall–Kier alpha value is 0.847. The van der Waals surface area contributed by atoms with Gasteiger partial charge in [0.15, 0.2) is 0 Å². The summed E-state index contributed by atoms with van der Waals surface area (Å²) in [6, 6.07) is 0. The predicted molar refractivity (Wildman–Crippen MR) is 36.8 cm³/mol. The van der Waals surface area contributed by atoms with Gasteiger partial charge in [0.1, 0.15) is 0 Å². The summed E-state index contributed by atoms with van der Waals surface area (Å²) in [5.41, 5.74) is 0. The van der Waals surface area contributed by atoms with Gasteiger partial charge in [-0.2, -0.15) is 0 Å². The van der Waals surface area contributed by atoms with Crippen molar-refractivity contribution in [3.8, 4) is 0 Å². The van der Waals surface area contributed by atoms with Crippen molar-refractivity contribution < 1.29 is 49.2 Å². The molecule has 0 N–H and O–H groups in total. The zero-order valence-electron chi connectivity index (χ0n) is 7.15. The van der Waals surface area contributed by atoms with E-state index in [-0.39, 0.29) is 18.0 Å². The monoisotopic (exact) mass is 336 g/mol. The van der Waals surface area contributed by atoms with E-state index in [0.717, 1.165) is 4.81 Å². The molecule has 0 saturated carbocycles. The molecule has 4 heteroatoms. The van der Waals surface area contributed by atoms with Crippen LogP contribution in [-0.2, 0) is 49.2 Å². The maximum atomic E-state index is 11.3. The third-order valence-electron chi connectivity index (χ3n) is 2.48. The molecule has 0 aliphatic carbocycles. The van der Waals surface area contributed by atoms with Gasteiger partial charge >= 0.3 is 96.0 Å². The van der Waals surface area contributed by atoms with Crippen molar-refractivity contribution in [2.75, 3.05) is 0 Å². The summed E-state index contributed by atoms with van der Waals surface area (Å²) in [4.78, 5) is 12.2. The van der Waals surface area contributed by atoms with Crippen LogP contribution in [0.5, 0.6) is 0 Å². The van der Waals surface area contributed by atoms with Crippen LogP contribution in [0.15, 0.2) is 0 Å². The van der Waals surface area contributed by atoms with Gasteiger partial charge in [0.2, 0.25) is 0 Å². The molecule has 1 aliphatic heterocycles. The Bertz CT molecular complexity index is 182. The van der Waals surface area contributed by atoms with Gasteiger partial charge in [-0.05, 0) is 0 Å². The first-order valence-corrected chi connectivity index (χ1v) is 6.60. The van der Waals surface area contributed by atoms with Crippen LogP contribution in [0.2, 0.25) is 9.12 Å². The summed E-state index contributed by atoms with van der Waals surface area (Å²) in [6.07, 6.45) is 0.151. The molecule has 0 aromatic rings. The van der Waals surface area contributed by atoms with Gasteiger partial charge < -0.3 is 0 Å². The molecule has 0 amide bonds. The Kier molecular flexibility index (Phi) is 3.98. The molecule has 4 atom stereocenters. The van der Waals surface area contributed by atoms with Crippen LogP contribution < -0.4 is 0 Å². The van der Waals surface area contributed by atoms with Crippen LogP contribution in [0, 0.1) is 11.8 Å². The molecule has 1 heterocycles. The van der Waals surface area contributed by atoms with Crippen molar-refractivity contribution in [1.29, 1.82) is 0 Å². The summed E-state index contributed by atoms with van der Waals surface area (Å²) >= 11 is 4.10. The van der Waals surface area contributed by atoms with Crippen molar-refractivity contribution in [1.82, 2.24) is 0 Å². The van der Waals surface area contributed by atoms with Crippen LogP contribution >= 0.6 is 0 Å². The molecule has 1 saturated heterocycles. The molecule has 0 unspecified atom stereocenters. The second-order valence-electron chi connectivity index (χ2n) is 3.25. The molecule has 0 aromatic heterocycles. The summed E-state index contributed by atoms with van der Waals surface area (Å²) in [5.74, 6) is 0.519. The predicted octanol–water partition coefficient (Wildman–Crippen LogP) is 1.48. The Labute approximate surface area is 95.6 Å². The quantitative estimate of drug-likeness (QED) is 0.537. The Balaban J connectivity index is 2.70. The minimum absolute atomic E-state index is 0.0177. The molecule has 0 bridgehead atoms. The zero-order valence-corrected chi connectivity index (χ0v) is 11.2. The van der Waals surface area contributed by atoms with Gasteiger partial charge in [0, 0.05) is 0 Å². The first-order chi connectivity index (χ1) is 5.57. The third kappa shape index (κ3) is 2.01. The third-order valence-corrected chi connectivity index (χ3v) is 5.09. The van der Waals surface area contributed by atoms with Crippen molar-refractivity contribution in [2.45, 2.75) is 29.1 Å². The fourth-order valence-corrected chi connectivity index (χ4v) is 3.78. The fraction of sp³-hybridized carbons (Fsp3) is 0.875. The minimum atomic E-state index is -0.0177. The number of hydrogen-bond donors (Lipinski definition) is 0. The Morgan fingerprint density at radius 3 is 2.58 bits per heavy atom. The van der Waals surface area contributed by atoms with E-state index >= 15 is 0 Å². The van der Waals surface area contributed by atoms with E-state index < -0.39 is 0 Å². The van der Waals surface area contributed by atoms with Gasteiger partial charge in [-0.15, -0.1) is 0 Å². The molecule has 68 valence electrons. The Morgan fingerprint density at radius 1 is 1.50 bits per heavy atom. The average molecular weight is 332 g/mol. The second-order valence-corrected chi connectivity index (χ2v) is 5.41. The van der Waals surface area contributed by atoms with E-state index in [2.05, 4.69) is 26.7 Å².